The first kappa shape index (κ1) is 12.7. The maximum Gasteiger partial charge on any atom is 0.125 e. The zero-order valence-electron chi connectivity index (χ0n) is 10.8. The SMILES string of the molecule is COc1c(C)cc(Cl)c(C)c1C1(CN)CCC1. The molecule has 0 amide bonds. The zero-order chi connectivity index (χ0) is 12.6. The van der Waals surface area contributed by atoms with Crippen LogP contribution in [-0.2, 0) is 5.41 Å². The quantitative estimate of drug-likeness (QED) is 0.897. The van der Waals surface area contributed by atoms with E-state index in [1.54, 1.807) is 7.11 Å². The molecule has 0 heterocycles. The van der Waals surface area contributed by atoms with Crippen molar-refractivity contribution >= 4 is 11.6 Å². The molecule has 1 aromatic carbocycles. The van der Waals surface area contributed by atoms with Crippen LogP contribution in [-0.4, -0.2) is 13.7 Å². The minimum atomic E-state index is 0.0884. The van der Waals surface area contributed by atoms with Gasteiger partial charge in [0.05, 0.1) is 7.11 Å². The summed E-state index contributed by atoms with van der Waals surface area (Å²) in [5, 5.41) is 0.818. The Hall–Kier alpha value is -0.730. The lowest BCUT2D eigenvalue weighted by molar-refractivity contribution is 0.242. The first-order valence-electron chi connectivity index (χ1n) is 6.10. The van der Waals surface area contributed by atoms with Gasteiger partial charge in [-0.3, -0.25) is 0 Å². The number of halogens is 1. The highest BCUT2D eigenvalue weighted by Crippen LogP contribution is 2.49. The molecule has 1 fully saturated rings. The van der Waals surface area contributed by atoms with Crippen LogP contribution in [0.4, 0.5) is 0 Å². The van der Waals surface area contributed by atoms with Crippen molar-refractivity contribution in [2.75, 3.05) is 13.7 Å². The summed E-state index contributed by atoms with van der Waals surface area (Å²) < 4.78 is 5.58. The first-order valence-corrected chi connectivity index (χ1v) is 6.48. The molecule has 0 radical (unpaired) electrons. The molecule has 0 saturated heterocycles. The summed E-state index contributed by atoms with van der Waals surface area (Å²) in [5.74, 6) is 0.969. The third-order valence-electron chi connectivity index (χ3n) is 4.10. The fraction of sp³-hybridized carbons (Fsp3) is 0.571. The van der Waals surface area contributed by atoms with E-state index in [2.05, 4.69) is 6.92 Å². The van der Waals surface area contributed by atoms with Crippen molar-refractivity contribution in [2.45, 2.75) is 38.5 Å². The largest absolute Gasteiger partial charge is 0.496 e. The minimum absolute atomic E-state index is 0.0884. The van der Waals surface area contributed by atoms with Gasteiger partial charge in [-0.1, -0.05) is 18.0 Å². The topological polar surface area (TPSA) is 35.2 Å². The number of benzene rings is 1. The van der Waals surface area contributed by atoms with Gasteiger partial charge < -0.3 is 10.5 Å². The summed E-state index contributed by atoms with van der Waals surface area (Å²) in [6, 6.07) is 1.97. The third kappa shape index (κ3) is 1.84. The van der Waals surface area contributed by atoms with Gasteiger partial charge in [0.25, 0.3) is 0 Å². The second kappa shape index (κ2) is 4.51. The molecule has 1 saturated carbocycles. The van der Waals surface area contributed by atoms with Crippen molar-refractivity contribution in [1.29, 1.82) is 0 Å². The Labute approximate surface area is 108 Å². The summed E-state index contributed by atoms with van der Waals surface area (Å²) >= 11 is 6.30. The third-order valence-corrected chi connectivity index (χ3v) is 4.49. The standard InChI is InChI=1S/C14H20ClNO/c1-9-7-11(15)10(2)12(13(9)17-3)14(8-16)5-4-6-14/h7H,4-6,8,16H2,1-3H3. The first-order chi connectivity index (χ1) is 8.05. The predicted molar refractivity (Wildman–Crippen MR) is 72.1 cm³/mol. The van der Waals surface area contributed by atoms with Crippen LogP contribution < -0.4 is 10.5 Å². The highest BCUT2D eigenvalue weighted by atomic mass is 35.5. The lowest BCUT2D eigenvalue weighted by Gasteiger charge is -2.43. The Kier molecular flexibility index (Phi) is 3.37. The van der Waals surface area contributed by atoms with E-state index in [-0.39, 0.29) is 5.41 Å². The van der Waals surface area contributed by atoms with Crippen LogP contribution in [0.15, 0.2) is 6.07 Å². The van der Waals surface area contributed by atoms with Crippen LogP contribution in [0.5, 0.6) is 5.75 Å². The van der Waals surface area contributed by atoms with E-state index in [9.17, 15) is 0 Å². The van der Waals surface area contributed by atoms with Gasteiger partial charge in [-0.05, 0) is 43.9 Å². The van der Waals surface area contributed by atoms with Crippen molar-refractivity contribution in [3.05, 3.63) is 27.8 Å². The minimum Gasteiger partial charge on any atom is -0.496 e. The van der Waals surface area contributed by atoms with Gasteiger partial charge in [-0.25, -0.2) is 0 Å². The molecule has 2 nitrogen and oxygen atoms in total. The molecule has 2 N–H and O–H groups in total. The van der Waals surface area contributed by atoms with E-state index in [0.29, 0.717) is 6.54 Å². The van der Waals surface area contributed by atoms with Gasteiger partial charge in [0.15, 0.2) is 0 Å². The molecule has 17 heavy (non-hydrogen) atoms. The zero-order valence-corrected chi connectivity index (χ0v) is 11.5. The summed E-state index contributed by atoms with van der Waals surface area (Å²) in [7, 11) is 1.72. The molecule has 0 spiro atoms. The van der Waals surface area contributed by atoms with Crippen LogP contribution >= 0.6 is 11.6 Å². The van der Waals surface area contributed by atoms with Gasteiger partial charge in [0.2, 0.25) is 0 Å². The van der Waals surface area contributed by atoms with Gasteiger partial charge in [-0.2, -0.15) is 0 Å². The number of rotatable bonds is 3. The number of ether oxygens (including phenoxy) is 1. The average molecular weight is 254 g/mol. The molecule has 94 valence electrons. The van der Waals surface area contributed by atoms with Crippen molar-refractivity contribution < 1.29 is 4.74 Å². The van der Waals surface area contributed by atoms with Crippen LogP contribution in [0.2, 0.25) is 5.02 Å². The molecule has 1 aromatic rings. The summed E-state index contributed by atoms with van der Waals surface area (Å²) in [6.07, 6.45) is 3.52. The maximum atomic E-state index is 6.30. The van der Waals surface area contributed by atoms with E-state index < -0.39 is 0 Å². The van der Waals surface area contributed by atoms with Crippen molar-refractivity contribution in [2.24, 2.45) is 5.73 Å². The highest BCUT2D eigenvalue weighted by Gasteiger charge is 2.41. The Morgan fingerprint density at radius 3 is 2.47 bits per heavy atom. The lowest BCUT2D eigenvalue weighted by atomic mass is 9.63. The van der Waals surface area contributed by atoms with E-state index in [0.717, 1.165) is 34.7 Å². The average Bonchev–Trinajstić information content (AvgIpc) is 2.24. The number of methoxy groups -OCH3 is 1. The second-order valence-corrected chi connectivity index (χ2v) is 5.45. The predicted octanol–water partition coefficient (Wildman–Crippen LogP) is 3.35. The molecule has 0 unspecified atom stereocenters. The van der Waals surface area contributed by atoms with Crippen LogP contribution in [0.1, 0.15) is 36.0 Å². The highest BCUT2D eigenvalue weighted by molar-refractivity contribution is 6.31. The Bertz CT molecular complexity index is 433. The molecule has 3 heteroatoms. The molecule has 0 aliphatic heterocycles. The molecule has 0 aromatic heterocycles. The molecular formula is C14H20ClNO. The van der Waals surface area contributed by atoms with Gasteiger partial charge in [-0.15, -0.1) is 0 Å². The van der Waals surface area contributed by atoms with Gasteiger partial charge >= 0.3 is 0 Å². The van der Waals surface area contributed by atoms with Crippen molar-refractivity contribution in [3.63, 3.8) is 0 Å². The molecule has 2 rings (SSSR count). The lowest BCUT2D eigenvalue weighted by Crippen LogP contribution is -2.42. The second-order valence-electron chi connectivity index (χ2n) is 5.05. The number of aryl methyl sites for hydroxylation is 1. The molecule has 0 atom stereocenters. The fourth-order valence-corrected chi connectivity index (χ4v) is 3.17. The summed E-state index contributed by atoms with van der Waals surface area (Å²) in [6.45, 7) is 4.77. The summed E-state index contributed by atoms with van der Waals surface area (Å²) in [5.41, 5.74) is 9.54. The Morgan fingerprint density at radius 2 is 2.06 bits per heavy atom. The number of hydrogen-bond donors (Lipinski definition) is 1. The van der Waals surface area contributed by atoms with Crippen LogP contribution in [0.25, 0.3) is 0 Å². The molecule has 1 aliphatic carbocycles. The van der Waals surface area contributed by atoms with E-state index >= 15 is 0 Å². The normalized spacial score (nSPS) is 17.7. The van der Waals surface area contributed by atoms with Gasteiger partial charge in [0.1, 0.15) is 5.75 Å². The molecule has 1 aliphatic rings. The molecule has 0 bridgehead atoms. The van der Waals surface area contributed by atoms with Gasteiger partial charge in [0, 0.05) is 22.5 Å². The smallest absolute Gasteiger partial charge is 0.125 e. The maximum absolute atomic E-state index is 6.30. The van der Waals surface area contributed by atoms with Crippen LogP contribution in [0.3, 0.4) is 0 Å². The van der Waals surface area contributed by atoms with E-state index in [4.69, 9.17) is 22.1 Å². The van der Waals surface area contributed by atoms with E-state index in [1.165, 1.54) is 12.0 Å². The number of nitrogens with two attached hydrogens (primary N) is 1. The monoisotopic (exact) mass is 253 g/mol. The number of hydrogen-bond acceptors (Lipinski definition) is 2. The molecular weight excluding hydrogens is 234 g/mol. The van der Waals surface area contributed by atoms with E-state index in [1.807, 2.05) is 13.0 Å². The van der Waals surface area contributed by atoms with Crippen molar-refractivity contribution in [3.8, 4) is 5.75 Å². The fourth-order valence-electron chi connectivity index (χ4n) is 2.91. The van der Waals surface area contributed by atoms with Crippen molar-refractivity contribution in [1.82, 2.24) is 0 Å². The van der Waals surface area contributed by atoms with Crippen LogP contribution in [0, 0.1) is 13.8 Å². The Morgan fingerprint density at radius 1 is 1.41 bits per heavy atom. The summed E-state index contributed by atoms with van der Waals surface area (Å²) in [4.78, 5) is 0. The Balaban J connectivity index is 2.65.